The summed E-state index contributed by atoms with van der Waals surface area (Å²) in [4.78, 5) is 11.7. The maximum absolute atomic E-state index is 12.8. The van der Waals surface area contributed by atoms with Gasteiger partial charge in [0, 0.05) is 16.1 Å². The number of benzene rings is 2. The van der Waals surface area contributed by atoms with Crippen molar-refractivity contribution < 1.29 is 18.0 Å². The molecule has 0 radical (unpaired) electrons. The Bertz CT molecular complexity index is 697. The molecule has 2 rings (SSSR count). The van der Waals surface area contributed by atoms with Gasteiger partial charge in [0.15, 0.2) is 0 Å². The van der Waals surface area contributed by atoms with Gasteiger partial charge in [0.2, 0.25) is 0 Å². The zero-order valence-electron chi connectivity index (χ0n) is 11.1. The van der Waals surface area contributed by atoms with Crippen molar-refractivity contribution in [2.24, 2.45) is 5.10 Å². The van der Waals surface area contributed by atoms with Crippen molar-refractivity contribution in [3.63, 3.8) is 0 Å². The summed E-state index contributed by atoms with van der Waals surface area (Å²) in [6, 6.07) is 11.0. The monoisotopic (exact) mass is 326 g/mol. The van der Waals surface area contributed by atoms with Crippen LogP contribution in [0.2, 0.25) is 5.02 Å². The van der Waals surface area contributed by atoms with Crippen LogP contribution in [0.1, 0.15) is 21.5 Å². The van der Waals surface area contributed by atoms with Crippen LogP contribution in [-0.4, -0.2) is 12.1 Å². The Morgan fingerprint density at radius 2 is 1.73 bits per heavy atom. The average Bonchev–Trinajstić information content (AvgIpc) is 2.47. The van der Waals surface area contributed by atoms with Crippen LogP contribution < -0.4 is 5.43 Å². The van der Waals surface area contributed by atoms with Gasteiger partial charge in [0.1, 0.15) is 0 Å². The Hall–Kier alpha value is -2.34. The summed E-state index contributed by atoms with van der Waals surface area (Å²) in [5, 5.41) is 4.03. The predicted octanol–water partition coefficient (Wildman–Crippen LogP) is 4.12. The smallest absolute Gasteiger partial charge is 0.267 e. The van der Waals surface area contributed by atoms with E-state index in [1.165, 1.54) is 42.5 Å². The van der Waals surface area contributed by atoms with Gasteiger partial charge in [-0.1, -0.05) is 29.8 Å². The Morgan fingerprint density at radius 3 is 2.36 bits per heavy atom. The van der Waals surface area contributed by atoms with Gasteiger partial charge in [0.25, 0.3) is 5.91 Å². The molecule has 7 heteroatoms. The van der Waals surface area contributed by atoms with Crippen LogP contribution in [0.15, 0.2) is 53.6 Å². The van der Waals surface area contributed by atoms with E-state index in [1.54, 1.807) is 0 Å². The number of nitrogens with zero attached hydrogens (tertiary/aromatic N) is 1. The number of hydrazone groups is 1. The highest BCUT2D eigenvalue weighted by atomic mass is 35.5. The number of nitrogens with one attached hydrogen (secondary N) is 1. The van der Waals surface area contributed by atoms with Crippen molar-refractivity contribution in [3.05, 3.63) is 70.2 Å². The maximum atomic E-state index is 12.8. The van der Waals surface area contributed by atoms with Crippen LogP contribution in [0, 0.1) is 0 Å². The highest BCUT2D eigenvalue weighted by Crippen LogP contribution is 2.30. The van der Waals surface area contributed by atoms with Crippen molar-refractivity contribution in [2.45, 2.75) is 6.18 Å². The number of halogens is 4. The van der Waals surface area contributed by atoms with Gasteiger partial charge in [-0.3, -0.25) is 4.79 Å². The summed E-state index contributed by atoms with van der Waals surface area (Å²) in [6.07, 6.45) is -3.53. The van der Waals surface area contributed by atoms with E-state index in [4.69, 9.17) is 11.6 Å². The van der Waals surface area contributed by atoms with Crippen LogP contribution in [0.4, 0.5) is 13.2 Å². The molecule has 0 saturated carbocycles. The second-order valence-electron chi connectivity index (χ2n) is 4.29. The van der Waals surface area contributed by atoms with Crippen molar-refractivity contribution >= 4 is 23.7 Å². The normalized spacial score (nSPS) is 11.6. The van der Waals surface area contributed by atoms with Crippen molar-refractivity contribution in [2.75, 3.05) is 0 Å². The zero-order chi connectivity index (χ0) is 16.2. The lowest BCUT2D eigenvalue weighted by molar-refractivity contribution is -0.137. The summed E-state index contributed by atoms with van der Waals surface area (Å²) >= 11 is 5.69. The van der Waals surface area contributed by atoms with Crippen molar-refractivity contribution in [3.8, 4) is 0 Å². The lowest BCUT2D eigenvalue weighted by Gasteiger charge is -2.09. The first kappa shape index (κ1) is 16.0. The molecular weight excluding hydrogens is 317 g/mol. The van der Waals surface area contributed by atoms with E-state index in [9.17, 15) is 18.0 Å². The van der Waals surface area contributed by atoms with Gasteiger partial charge < -0.3 is 0 Å². The molecule has 1 amide bonds. The molecule has 3 nitrogen and oxygen atoms in total. The van der Waals surface area contributed by atoms with E-state index in [0.29, 0.717) is 10.6 Å². The lowest BCUT2D eigenvalue weighted by Crippen LogP contribution is -2.18. The van der Waals surface area contributed by atoms with Crippen LogP contribution >= 0.6 is 11.6 Å². The average molecular weight is 327 g/mol. The zero-order valence-corrected chi connectivity index (χ0v) is 11.8. The minimum Gasteiger partial charge on any atom is -0.267 e. The number of carbonyl (C=O) groups is 1. The van der Waals surface area contributed by atoms with Crippen molar-refractivity contribution in [1.82, 2.24) is 5.43 Å². The highest BCUT2D eigenvalue weighted by molar-refractivity contribution is 6.30. The largest absolute Gasteiger partial charge is 0.417 e. The van der Waals surface area contributed by atoms with Gasteiger partial charge >= 0.3 is 6.18 Å². The molecule has 1 N–H and O–H groups in total. The van der Waals surface area contributed by atoms with Gasteiger partial charge in [0.05, 0.1) is 11.8 Å². The fourth-order valence-corrected chi connectivity index (χ4v) is 1.82. The van der Waals surface area contributed by atoms with E-state index in [2.05, 4.69) is 10.5 Å². The van der Waals surface area contributed by atoms with Gasteiger partial charge in [-0.05, 0) is 30.3 Å². The molecule has 0 aliphatic rings. The summed E-state index contributed by atoms with van der Waals surface area (Å²) < 4.78 is 38.3. The van der Waals surface area contributed by atoms with E-state index < -0.39 is 17.6 Å². The minimum atomic E-state index is -4.48. The second kappa shape index (κ2) is 6.62. The maximum Gasteiger partial charge on any atom is 0.417 e. The first-order valence-electron chi connectivity index (χ1n) is 6.13. The highest BCUT2D eigenvalue weighted by Gasteiger charge is 2.32. The quantitative estimate of drug-likeness (QED) is 0.669. The first-order valence-corrected chi connectivity index (χ1v) is 6.51. The van der Waals surface area contributed by atoms with E-state index in [0.717, 1.165) is 12.3 Å². The summed E-state index contributed by atoms with van der Waals surface area (Å²) in [7, 11) is 0. The Morgan fingerprint density at radius 1 is 1.09 bits per heavy atom. The third kappa shape index (κ3) is 4.08. The number of alkyl halides is 3. The molecule has 0 bridgehead atoms. The second-order valence-corrected chi connectivity index (χ2v) is 4.73. The van der Waals surface area contributed by atoms with Crippen LogP contribution in [0.3, 0.4) is 0 Å². The molecule has 0 spiro atoms. The molecule has 2 aromatic carbocycles. The molecule has 0 aromatic heterocycles. The van der Waals surface area contributed by atoms with E-state index >= 15 is 0 Å². The Kier molecular flexibility index (Phi) is 4.82. The van der Waals surface area contributed by atoms with Crippen LogP contribution in [-0.2, 0) is 6.18 Å². The lowest BCUT2D eigenvalue weighted by atomic mass is 10.1. The molecule has 0 fully saturated rings. The van der Waals surface area contributed by atoms with Crippen LogP contribution in [0.5, 0.6) is 0 Å². The van der Waals surface area contributed by atoms with Gasteiger partial charge in [-0.25, -0.2) is 5.43 Å². The number of hydrogen-bond donors (Lipinski definition) is 1. The SMILES string of the molecule is O=C(NN=Cc1ccccc1C(F)(F)F)c1ccc(Cl)cc1. The minimum absolute atomic E-state index is 0.133. The molecule has 2 aromatic rings. The van der Waals surface area contributed by atoms with Crippen molar-refractivity contribution in [1.29, 1.82) is 0 Å². The first-order chi connectivity index (χ1) is 10.4. The Balaban J connectivity index is 2.10. The molecule has 114 valence electrons. The van der Waals surface area contributed by atoms with Crippen LogP contribution in [0.25, 0.3) is 0 Å². The molecule has 0 unspecified atom stereocenters. The topological polar surface area (TPSA) is 41.5 Å². The fourth-order valence-electron chi connectivity index (χ4n) is 1.69. The molecule has 0 atom stereocenters. The third-order valence-corrected chi connectivity index (χ3v) is 2.99. The number of hydrogen-bond acceptors (Lipinski definition) is 2. The molecule has 0 saturated heterocycles. The molecule has 0 heterocycles. The molecular formula is C15H10ClF3N2O. The standard InChI is InChI=1S/C15H10ClF3N2O/c16-12-7-5-10(6-8-12)14(22)21-20-9-11-3-1-2-4-13(11)15(17,18)19/h1-9H,(H,21,22). The summed E-state index contributed by atoms with van der Waals surface area (Å²) in [6.45, 7) is 0. The summed E-state index contributed by atoms with van der Waals surface area (Å²) in [5.41, 5.74) is 1.51. The van der Waals surface area contributed by atoms with Gasteiger partial charge in [-0.15, -0.1) is 0 Å². The number of amides is 1. The van der Waals surface area contributed by atoms with E-state index in [1.807, 2.05) is 0 Å². The number of rotatable bonds is 3. The number of carbonyl (C=O) groups excluding carboxylic acids is 1. The fraction of sp³-hybridized carbons (Fsp3) is 0.0667. The van der Waals surface area contributed by atoms with E-state index in [-0.39, 0.29) is 5.56 Å². The Labute approximate surface area is 129 Å². The third-order valence-electron chi connectivity index (χ3n) is 2.74. The van der Waals surface area contributed by atoms with Gasteiger partial charge in [-0.2, -0.15) is 18.3 Å². The predicted molar refractivity (Wildman–Crippen MR) is 78.0 cm³/mol. The summed E-state index contributed by atoms with van der Waals surface area (Å²) in [5.74, 6) is -0.544. The molecule has 0 aliphatic heterocycles. The molecule has 0 aliphatic carbocycles. The molecule has 22 heavy (non-hydrogen) atoms.